The Morgan fingerprint density at radius 1 is 0.234 bits per heavy atom. The number of rotatable bonds is 7. The average molecular weight is 1800 g/mol. The van der Waals surface area contributed by atoms with Crippen LogP contribution in [0.3, 0.4) is 0 Å². The molecule has 0 amide bonds. The van der Waals surface area contributed by atoms with Crippen molar-refractivity contribution in [3.63, 3.8) is 0 Å². The predicted molar refractivity (Wildman–Crippen MR) is 558 cm³/mol. The highest BCUT2D eigenvalue weighted by molar-refractivity contribution is 6.25. The molecule has 15 heterocycles. The number of benzene rings is 10. The predicted octanol–water partition coefficient (Wildman–Crippen LogP) is 28.3. The molecule has 0 N–H and O–H groups in total. The van der Waals surface area contributed by atoms with Gasteiger partial charge in [0.2, 0.25) is 57.0 Å². The minimum absolute atomic E-state index is 0.620. The highest BCUT2D eigenvalue weighted by atomic mass is 16.4. The Morgan fingerprint density at radius 3 is 0.978 bits per heavy atom. The molecule has 15 aromatic heterocycles. The molecule has 25 rings (SSSR count). The fourth-order valence-corrected chi connectivity index (χ4v) is 21.2. The zero-order chi connectivity index (χ0) is 94.9. The summed E-state index contributed by atoms with van der Waals surface area (Å²) in [6.45, 7) is 32.5. The van der Waals surface area contributed by atoms with Gasteiger partial charge in [-0.15, -0.1) is 0 Å². The fourth-order valence-electron chi connectivity index (χ4n) is 21.2. The Morgan fingerprint density at radius 2 is 0.569 bits per heavy atom. The first-order valence-corrected chi connectivity index (χ1v) is 47.1. The summed E-state index contributed by atoms with van der Waals surface area (Å²) in [5.74, 6) is 0.620. The van der Waals surface area contributed by atoms with Crippen molar-refractivity contribution in [1.29, 1.82) is 0 Å². The van der Waals surface area contributed by atoms with Crippen molar-refractivity contribution >= 4 is 164 Å². The van der Waals surface area contributed by atoms with Crippen molar-refractivity contribution in [3.05, 3.63) is 358 Å². The normalized spacial score (nSPS) is 11.7. The van der Waals surface area contributed by atoms with Crippen molar-refractivity contribution in [2.75, 3.05) is 0 Å². The van der Waals surface area contributed by atoms with Gasteiger partial charge in [0.05, 0.1) is 54.7 Å². The summed E-state index contributed by atoms with van der Waals surface area (Å²) >= 11 is 0. The van der Waals surface area contributed by atoms with E-state index < -0.39 is 0 Å². The molecular weight excluding hydrogens is 1690 g/mol. The molecular formula is C122H109N10O5+5. The Bertz CT molecular complexity index is 9300. The lowest BCUT2D eigenvalue weighted by molar-refractivity contribution is -0.660. The van der Waals surface area contributed by atoms with Gasteiger partial charge in [-0.2, -0.15) is 0 Å². The maximum atomic E-state index is 6.41. The number of fused-ring (bicyclic) bond motifs is 25. The number of furan rings is 5. The van der Waals surface area contributed by atoms with E-state index in [1.165, 1.54) is 111 Å². The molecule has 0 spiro atoms. The highest BCUT2D eigenvalue weighted by Crippen LogP contribution is 2.48. The minimum Gasteiger partial charge on any atom is -0.437 e. The van der Waals surface area contributed by atoms with Crippen molar-refractivity contribution in [3.8, 4) is 56.3 Å². The molecule has 0 unspecified atom stereocenters. The standard InChI is InChI=1S/C26H25N2O.C25H23N2O.2C24H21N2O.C23H19N2O/c1-16(2)13-18-11-12-28(4)22(14-18)23-17(3)9-10-21-24-20-8-6-5-7-19(20)15-27-26(24)29-25(21)23;1-14-11-20(27(5)13-17(14)4)21-15(2)10-16(3)22-23-19-9-7-6-8-18(19)12-26-25(23)28-24(21)22;1-14-9-10-19(26(4)13-14)20-15(2)11-16(3)21-22-18-8-6-5-7-17(18)12-25-24(22)27-23(20)21;1-14-9-10-26(4)19(11-14)20-15(2)12-16(3)21-22-18-8-6-5-7-17(18)13-25-24(22)27-23(20)21;1-14-12-15(2)20-21-17-9-5-4-8-16(17)13-24-23(21)26-22(20)19(14)18-10-6-7-11-25(18)3/h5-12,14-16H,13H2,1-4H3;6-13H,1-5H3;2*5-13H,1-4H3;4-13H,1-3H3/q5*+1. The zero-order valence-electron chi connectivity index (χ0n) is 81.4. The minimum atomic E-state index is 0.620. The van der Waals surface area contributed by atoms with Crippen LogP contribution < -0.4 is 22.8 Å². The van der Waals surface area contributed by atoms with Gasteiger partial charge < -0.3 is 22.1 Å². The lowest BCUT2D eigenvalue weighted by Gasteiger charge is -2.09. The van der Waals surface area contributed by atoms with Gasteiger partial charge in [0, 0.05) is 145 Å². The molecule has 15 nitrogen and oxygen atoms in total. The summed E-state index contributed by atoms with van der Waals surface area (Å²) in [6, 6.07) is 77.0. The van der Waals surface area contributed by atoms with Crippen LogP contribution in [0.25, 0.3) is 220 Å². The third-order valence-corrected chi connectivity index (χ3v) is 27.7. The highest BCUT2D eigenvalue weighted by Gasteiger charge is 2.31. The first-order valence-electron chi connectivity index (χ1n) is 47.1. The maximum Gasteiger partial charge on any atom is 0.227 e. The SMILES string of the molecule is Cc1cc(-c2c(C)cc(C)c3c2oc2ncc4ccccc4c23)[n+](C)cc1C.Cc1cc(C)c2c(oc3ncc4ccccc4c32)c1-c1cccc[n+]1C.Cc1cc[n+](C)c(-c2c(C)cc(C)c3c2oc2ncc4ccccc4c23)c1.Cc1ccc(-c2c(C)cc(C)c3c2oc2ncc4ccccc4c23)[n+](C)c1.Cc1ccc2c(oc3ncc4ccccc4c32)c1-c1cc(CC(C)C)cc[n+]1C. The second-order valence-corrected chi connectivity index (χ2v) is 38.0. The molecule has 0 aliphatic carbocycles. The van der Waals surface area contributed by atoms with Crippen molar-refractivity contribution < 1.29 is 44.9 Å². The van der Waals surface area contributed by atoms with Crippen molar-refractivity contribution in [2.24, 2.45) is 41.2 Å². The number of hydrogen-bond donors (Lipinski definition) is 0. The van der Waals surface area contributed by atoms with E-state index in [-0.39, 0.29) is 0 Å². The molecule has 0 fully saturated rings. The van der Waals surface area contributed by atoms with Gasteiger partial charge in [0.15, 0.2) is 58.9 Å². The van der Waals surface area contributed by atoms with E-state index in [0.717, 1.165) is 166 Å². The van der Waals surface area contributed by atoms with Crippen molar-refractivity contribution in [2.45, 2.75) is 110 Å². The van der Waals surface area contributed by atoms with E-state index in [4.69, 9.17) is 22.1 Å². The second-order valence-electron chi connectivity index (χ2n) is 38.0. The van der Waals surface area contributed by atoms with Crippen LogP contribution in [-0.4, -0.2) is 24.9 Å². The van der Waals surface area contributed by atoms with Crippen molar-refractivity contribution in [1.82, 2.24) is 24.9 Å². The van der Waals surface area contributed by atoms with Crippen LogP contribution in [0.1, 0.15) is 91.7 Å². The quantitative estimate of drug-likeness (QED) is 0.141. The van der Waals surface area contributed by atoms with Crippen LogP contribution in [0, 0.1) is 95.9 Å². The Labute approximate surface area is 794 Å². The summed E-state index contributed by atoms with van der Waals surface area (Å²) in [5.41, 5.74) is 36.9. The first kappa shape index (κ1) is 87.6. The van der Waals surface area contributed by atoms with Gasteiger partial charge in [-0.3, -0.25) is 0 Å². The Kier molecular flexibility index (Phi) is 22.3. The third-order valence-electron chi connectivity index (χ3n) is 27.7. The van der Waals surface area contributed by atoms with Gasteiger partial charge in [-0.05, 0) is 208 Å². The number of hydrogen-bond acceptors (Lipinski definition) is 10. The summed E-state index contributed by atoms with van der Waals surface area (Å²) in [7, 11) is 10.4. The van der Waals surface area contributed by atoms with E-state index in [2.05, 4.69) is 406 Å². The van der Waals surface area contributed by atoms with E-state index in [0.29, 0.717) is 34.5 Å². The fraction of sp³-hybridized carbons (Fsp3) is 0.180. The molecule has 672 valence electrons. The van der Waals surface area contributed by atoms with Crippen LogP contribution in [0.15, 0.2) is 302 Å². The number of aryl methyl sites for hydroxylation is 18. The van der Waals surface area contributed by atoms with Crippen LogP contribution >= 0.6 is 0 Å². The van der Waals surface area contributed by atoms with Crippen LogP contribution in [-0.2, 0) is 41.7 Å². The molecule has 25 aromatic rings. The molecule has 0 bridgehead atoms. The molecule has 0 atom stereocenters. The molecule has 137 heavy (non-hydrogen) atoms. The zero-order valence-corrected chi connectivity index (χ0v) is 81.4. The molecule has 0 saturated heterocycles. The topological polar surface area (TPSA) is 150 Å². The molecule has 15 heteroatoms. The van der Waals surface area contributed by atoms with Crippen LogP contribution in [0.2, 0.25) is 0 Å². The molecule has 10 aromatic carbocycles. The molecule has 0 saturated carbocycles. The van der Waals surface area contributed by atoms with E-state index in [9.17, 15) is 0 Å². The van der Waals surface area contributed by atoms with Gasteiger partial charge in [0.25, 0.3) is 0 Å². The number of aromatic nitrogens is 10. The molecule has 0 aliphatic heterocycles. The van der Waals surface area contributed by atoms with Gasteiger partial charge in [-0.1, -0.05) is 172 Å². The van der Waals surface area contributed by atoms with E-state index in [1.54, 1.807) is 0 Å². The smallest absolute Gasteiger partial charge is 0.227 e. The number of pyridine rings is 10. The maximum absolute atomic E-state index is 6.41. The average Bonchev–Trinajstić information content (AvgIpc) is 1.61. The van der Waals surface area contributed by atoms with E-state index in [1.807, 2.05) is 61.3 Å². The van der Waals surface area contributed by atoms with Gasteiger partial charge in [-0.25, -0.2) is 47.8 Å². The van der Waals surface area contributed by atoms with Crippen LogP contribution in [0.5, 0.6) is 0 Å². The van der Waals surface area contributed by atoms with Crippen LogP contribution in [0.4, 0.5) is 0 Å². The summed E-state index contributed by atoms with van der Waals surface area (Å²) in [5, 5.41) is 22.9. The van der Waals surface area contributed by atoms with E-state index >= 15 is 0 Å². The van der Waals surface area contributed by atoms with Gasteiger partial charge >= 0.3 is 0 Å². The van der Waals surface area contributed by atoms with Gasteiger partial charge in [0.1, 0.15) is 35.2 Å². The summed E-state index contributed by atoms with van der Waals surface area (Å²) in [6.07, 6.45) is 21.2. The monoisotopic (exact) mass is 1790 g/mol. The molecule has 0 aliphatic rings. The third kappa shape index (κ3) is 15.3. The molecule has 0 radical (unpaired) electrons. The lowest BCUT2D eigenvalue weighted by Crippen LogP contribution is -2.31. The first-order chi connectivity index (χ1) is 66.2. The second kappa shape index (κ2) is 34.8. The Hall–Kier alpha value is -16.0. The Balaban J connectivity index is 0.000000102. The lowest BCUT2D eigenvalue weighted by atomic mass is 9.95. The number of nitrogens with zero attached hydrogens (tertiary/aromatic N) is 10. The summed E-state index contributed by atoms with van der Waals surface area (Å²) in [4.78, 5) is 23.1. The largest absolute Gasteiger partial charge is 0.437 e. The summed E-state index contributed by atoms with van der Waals surface area (Å²) < 4.78 is 42.7.